The summed E-state index contributed by atoms with van der Waals surface area (Å²) in [5.74, 6) is 0.914. The van der Waals surface area contributed by atoms with Gasteiger partial charge >= 0.3 is 0 Å². The minimum Gasteiger partial charge on any atom is -1.00 e. The quantitative estimate of drug-likeness (QED) is 0.353. The molecule has 0 atom stereocenters. The number of benzene rings is 2. The number of nitrogens with zero attached hydrogens (tertiary/aromatic N) is 1. The number of pyridine rings is 1. The minimum atomic E-state index is 0. The Morgan fingerprint density at radius 2 is 1.62 bits per heavy atom. The molecule has 104 valence electrons. The van der Waals surface area contributed by atoms with Crippen LogP contribution < -0.4 is 28.5 Å². The topological polar surface area (TPSA) is 17.0 Å². The zero-order chi connectivity index (χ0) is 13.5. The Morgan fingerprint density at radius 1 is 0.857 bits per heavy atom. The highest BCUT2D eigenvalue weighted by molar-refractivity contribution is 6.06. The van der Waals surface area contributed by atoms with E-state index < -0.39 is 0 Å². The standard InChI is InChI=1S/C18H14NO.HI/c1-19-10-8-14(9-11-19)18-12-16-15-5-3-2-4-13(15)6-7-17(16)20-18;/h2-12H,1H3;1H/q+1;/p-1. The number of hydrogen-bond acceptors (Lipinski definition) is 1. The van der Waals surface area contributed by atoms with E-state index in [-0.39, 0.29) is 24.0 Å². The monoisotopic (exact) mass is 387 g/mol. The number of aryl methyl sites for hydroxylation is 1. The maximum Gasteiger partial charge on any atom is 0.169 e. The fourth-order valence-electron chi connectivity index (χ4n) is 2.60. The third-order valence-electron chi connectivity index (χ3n) is 3.69. The zero-order valence-corrected chi connectivity index (χ0v) is 13.7. The lowest BCUT2D eigenvalue weighted by atomic mass is 10.1. The van der Waals surface area contributed by atoms with Crippen LogP contribution in [0.3, 0.4) is 0 Å². The second-order valence-electron chi connectivity index (χ2n) is 5.06. The molecule has 0 spiro atoms. The van der Waals surface area contributed by atoms with E-state index in [4.69, 9.17) is 4.42 Å². The smallest absolute Gasteiger partial charge is 0.169 e. The van der Waals surface area contributed by atoms with E-state index in [0.29, 0.717) is 0 Å². The van der Waals surface area contributed by atoms with E-state index in [1.807, 2.05) is 30.1 Å². The van der Waals surface area contributed by atoms with Crippen molar-refractivity contribution in [2.75, 3.05) is 0 Å². The lowest BCUT2D eigenvalue weighted by molar-refractivity contribution is -0.671. The summed E-state index contributed by atoms with van der Waals surface area (Å²) < 4.78 is 8.01. The van der Waals surface area contributed by atoms with Crippen molar-refractivity contribution in [1.82, 2.24) is 0 Å². The van der Waals surface area contributed by atoms with Gasteiger partial charge in [-0.05, 0) is 22.9 Å². The number of furan rings is 1. The SMILES string of the molecule is C[n+]1ccc(-c2cc3c(ccc4ccccc43)o2)cc1.[I-]. The van der Waals surface area contributed by atoms with Crippen LogP contribution >= 0.6 is 0 Å². The molecule has 3 heteroatoms. The average Bonchev–Trinajstić information content (AvgIpc) is 2.92. The van der Waals surface area contributed by atoms with Gasteiger partial charge in [0.25, 0.3) is 0 Å². The second-order valence-corrected chi connectivity index (χ2v) is 5.06. The van der Waals surface area contributed by atoms with Gasteiger partial charge in [0, 0.05) is 23.1 Å². The Labute approximate surface area is 140 Å². The summed E-state index contributed by atoms with van der Waals surface area (Å²) in [7, 11) is 2.01. The molecule has 0 amide bonds. The molecule has 0 aliphatic rings. The molecular weight excluding hydrogens is 373 g/mol. The van der Waals surface area contributed by atoms with Crippen LogP contribution in [-0.2, 0) is 7.05 Å². The molecule has 2 aromatic carbocycles. The van der Waals surface area contributed by atoms with Crippen molar-refractivity contribution in [3.05, 3.63) is 67.0 Å². The van der Waals surface area contributed by atoms with E-state index in [9.17, 15) is 0 Å². The maximum absolute atomic E-state index is 5.99. The molecule has 21 heavy (non-hydrogen) atoms. The van der Waals surface area contributed by atoms with E-state index >= 15 is 0 Å². The van der Waals surface area contributed by atoms with Gasteiger partial charge in [0.05, 0.1) is 0 Å². The van der Waals surface area contributed by atoms with Crippen LogP contribution in [0.5, 0.6) is 0 Å². The Hall–Kier alpha value is -1.88. The molecule has 0 saturated heterocycles. The van der Waals surface area contributed by atoms with E-state index in [1.165, 1.54) is 16.2 Å². The van der Waals surface area contributed by atoms with Crippen LogP contribution in [0.25, 0.3) is 33.1 Å². The van der Waals surface area contributed by atoms with Gasteiger partial charge < -0.3 is 28.4 Å². The molecule has 2 heterocycles. The Balaban J connectivity index is 0.00000132. The Bertz CT molecular complexity index is 909. The molecule has 0 radical (unpaired) electrons. The number of fused-ring (bicyclic) bond motifs is 3. The largest absolute Gasteiger partial charge is 1.00 e. The van der Waals surface area contributed by atoms with Crippen LogP contribution in [0.1, 0.15) is 0 Å². The number of hydrogen-bond donors (Lipinski definition) is 0. The summed E-state index contributed by atoms with van der Waals surface area (Å²) in [5, 5.41) is 3.65. The van der Waals surface area contributed by atoms with Gasteiger partial charge in [-0.3, -0.25) is 0 Å². The van der Waals surface area contributed by atoms with Gasteiger partial charge in [-0.15, -0.1) is 0 Å². The van der Waals surface area contributed by atoms with Crippen molar-refractivity contribution in [2.45, 2.75) is 0 Å². The van der Waals surface area contributed by atoms with Gasteiger partial charge in [0.2, 0.25) is 0 Å². The van der Waals surface area contributed by atoms with Crippen molar-refractivity contribution in [1.29, 1.82) is 0 Å². The Kier molecular flexibility index (Phi) is 3.68. The normalized spacial score (nSPS) is 10.7. The second kappa shape index (κ2) is 5.48. The number of aromatic nitrogens is 1. The summed E-state index contributed by atoms with van der Waals surface area (Å²) in [4.78, 5) is 0. The summed E-state index contributed by atoms with van der Waals surface area (Å²) in [6.07, 6.45) is 4.06. The molecule has 2 aromatic heterocycles. The first kappa shape index (κ1) is 14.1. The van der Waals surface area contributed by atoms with Gasteiger partial charge in [-0.1, -0.05) is 30.3 Å². The van der Waals surface area contributed by atoms with Crippen molar-refractivity contribution >= 4 is 21.7 Å². The summed E-state index contributed by atoms with van der Waals surface area (Å²) >= 11 is 0. The first-order valence-corrected chi connectivity index (χ1v) is 6.68. The summed E-state index contributed by atoms with van der Waals surface area (Å²) in [5.41, 5.74) is 2.04. The van der Waals surface area contributed by atoms with Crippen LogP contribution in [0.15, 0.2) is 71.4 Å². The molecule has 0 saturated carbocycles. The molecule has 0 aliphatic carbocycles. The lowest BCUT2D eigenvalue weighted by Crippen LogP contribution is -3.00. The summed E-state index contributed by atoms with van der Waals surface area (Å²) in [6.45, 7) is 0. The van der Waals surface area contributed by atoms with E-state index in [1.54, 1.807) is 0 Å². The van der Waals surface area contributed by atoms with Crippen molar-refractivity contribution in [2.24, 2.45) is 7.05 Å². The van der Waals surface area contributed by atoms with Crippen LogP contribution in [0, 0.1) is 0 Å². The van der Waals surface area contributed by atoms with Crippen LogP contribution in [0.4, 0.5) is 0 Å². The highest BCUT2D eigenvalue weighted by Gasteiger charge is 2.09. The zero-order valence-electron chi connectivity index (χ0n) is 11.6. The lowest BCUT2D eigenvalue weighted by Gasteiger charge is -1.96. The molecular formula is C18H14INO. The third-order valence-corrected chi connectivity index (χ3v) is 3.69. The van der Waals surface area contributed by atoms with Crippen molar-refractivity contribution in [3.63, 3.8) is 0 Å². The van der Waals surface area contributed by atoms with Crippen molar-refractivity contribution in [3.8, 4) is 11.3 Å². The number of rotatable bonds is 1. The molecule has 0 N–H and O–H groups in total. The average molecular weight is 387 g/mol. The van der Waals surface area contributed by atoms with E-state index in [2.05, 4.69) is 48.5 Å². The molecule has 0 aliphatic heterocycles. The Morgan fingerprint density at radius 3 is 2.43 bits per heavy atom. The van der Waals surface area contributed by atoms with Gasteiger partial charge in [0.15, 0.2) is 12.4 Å². The van der Waals surface area contributed by atoms with Gasteiger partial charge in [0.1, 0.15) is 18.4 Å². The highest BCUT2D eigenvalue weighted by Crippen LogP contribution is 2.32. The predicted molar refractivity (Wildman–Crippen MR) is 80.3 cm³/mol. The number of halogens is 1. The van der Waals surface area contributed by atoms with E-state index in [0.717, 1.165) is 16.9 Å². The minimum absolute atomic E-state index is 0. The van der Waals surface area contributed by atoms with Crippen LogP contribution in [-0.4, -0.2) is 0 Å². The first-order valence-electron chi connectivity index (χ1n) is 6.68. The molecule has 0 unspecified atom stereocenters. The molecule has 0 fully saturated rings. The fraction of sp³-hybridized carbons (Fsp3) is 0.0556. The van der Waals surface area contributed by atoms with Crippen LogP contribution in [0.2, 0.25) is 0 Å². The maximum atomic E-state index is 5.99. The van der Waals surface area contributed by atoms with Crippen molar-refractivity contribution < 1.29 is 33.0 Å². The highest BCUT2D eigenvalue weighted by atomic mass is 127. The molecule has 4 aromatic rings. The van der Waals surface area contributed by atoms with Gasteiger partial charge in [-0.25, -0.2) is 4.57 Å². The fourth-order valence-corrected chi connectivity index (χ4v) is 2.60. The molecule has 0 bridgehead atoms. The molecule has 4 rings (SSSR count). The predicted octanol–water partition coefficient (Wildman–Crippen LogP) is 1.08. The van der Waals surface area contributed by atoms with Gasteiger partial charge in [-0.2, -0.15) is 0 Å². The third kappa shape index (κ3) is 2.42. The first-order chi connectivity index (χ1) is 9.81. The summed E-state index contributed by atoms with van der Waals surface area (Å²) in [6, 6.07) is 18.8. The molecule has 2 nitrogen and oxygen atoms in total.